The van der Waals surface area contributed by atoms with E-state index in [0.717, 1.165) is 24.2 Å². The number of hydrogen-bond donors (Lipinski definition) is 2. The van der Waals surface area contributed by atoms with Crippen LogP contribution in [0.1, 0.15) is 37.4 Å². The summed E-state index contributed by atoms with van der Waals surface area (Å²) < 4.78 is 1.52. The highest BCUT2D eigenvalue weighted by Gasteiger charge is 2.25. The lowest BCUT2D eigenvalue weighted by atomic mass is 10.1. The van der Waals surface area contributed by atoms with Crippen LogP contribution in [-0.4, -0.2) is 9.66 Å². The second-order valence-corrected chi connectivity index (χ2v) is 5.44. The molecule has 2 aromatic rings. The van der Waals surface area contributed by atoms with Crippen LogP contribution in [0.4, 0.5) is 5.82 Å². The Morgan fingerprint density at radius 1 is 1.21 bits per heavy atom. The molecule has 3 rings (SSSR count). The fourth-order valence-electron chi connectivity index (χ4n) is 2.79. The number of nitrogens with zero attached hydrogens (tertiary/aromatic N) is 2. The predicted octanol–water partition coefficient (Wildman–Crippen LogP) is 3.16. The van der Waals surface area contributed by atoms with Crippen molar-refractivity contribution in [3.63, 3.8) is 0 Å². The van der Waals surface area contributed by atoms with Crippen molar-refractivity contribution in [1.29, 1.82) is 0 Å². The van der Waals surface area contributed by atoms with Crippen molar-refractivity contribution in [2.75, 3.05) is 11.6 Å². The van der Waals surface area contributed by atoms with Gasteiger partial charge in [0.25, 0.3) is 0 Å². The minimum absolute atomic E-state index is 0.420. The lowest BCUT2D eigenvalue weighted by Crippen LogP contribution is -2.17. The van der Waals surface area contributed by atoms with Gasteiger partial charge in [0.2, 0.25) is 0 Å². The molecule has 0 amide bonds. The number of imidazole rings is 1. The van der Waals surface area contributed by atoms with E-state index in [2.05, 4.69) is 4.98 Å². The number of halogens is 1. The Morgan fingerprint density at radius 2 is 1.89 bits per heavy atom. The zero-order valence-electron chi connectivity index (χ0n) is 10.6. The smallest absolute Gasteiger partial charge is 0.150 e. The maximum atomic E-state index is 6.21. The summed E-state index contributed by atoms with van der Waals surface area (Å²) in [7, 11) is 0. The summed E-state index contributed by atoms with van der Waals surface area (Å²) in [4.78, 5) is 4.65. The van der Waals surface area contributed by atoms with Crippen molar-refractivity contribution < 1.29 is 0 Å². The van der Waals surface area contributed by atoms with Gasteiger partial charge in [0, 0.05) is 11.5 Å². The summed E-state index contributed by atoms with van der Waals surface area (Å²) in [5, 5.41) is 0.644. The minimum atomic E-state index is 0.420. The second kappa shape index (κ2) is 4.78. The monoisotopic (exact) mass is 276 g/mol. The molecule has 1 aliphatic rings. The van der Waals surface area contributed by atoms with Crippen molar-refractivity contribution in [3.05, 3.63) is 35.1 Å². The number of anilines is 1. The van der Waals surface area contributed by atoms with Crippen LogP contribution in [0.25, 0.3) is 11.3 Å². The summed E-state index contributed by atoms with van der Waals surface area (Å²) in [5.74, 6) is 7.84. The predicted molar refractivity (Wildman–Crippen MR) is 78.4 cm³/mol. The van der Waals surface area contributed by atoms with Gasteiger partial charge in [0.15, 0.2) is 5.82 Å². The summed E-state index contributed by atoms with van der Waals surface area (Å²) in [5.41, 5.74) is 7.62. The fourth-order valence-corrected chi connectivity index (χ4v) is 3.01. The van der Waals surface area contributed by atoms with Gasteiger partial charge in [-0.15, -0.1) is 0 Å². The first-order valence-corrected chi connectivity index (χ1v) is 6.94. The molecule has 1 fully saturated rings. The van der Waals surface area contributed by atoms with E-state index in [1.807, 2.05) is 24.3 Å². The minimum Gasteiger partial charge on any atom is -0.382 e. The van der Waals surface area contributed by atoms with E-state index in [1.54, 1.807) is 0 Å². The van der Waals surface area contributed by atoms with Gasteiger partial charge in [0.1, 0.15) is 11.5 Å². The van der Waals surface area contributed by atoms with Gasteiger partial charge < -0.3 is 11.6 Å². The molecule has 19 heavy (non-hydrogen) atoms. The molecule has 1 aromatic heterocycles. The summed E-state index contributed by atoms with van der Waals surface area (Å²) in [6, 6.07) is 7.56. The molecule has 1 heterocycles. The van der Waals surface area contributed by atoms with Gasteiger partial charge in [-0.2, -0.15) is 0 Å². The maximum absolute atomic E-state index is 6.21. The summed E-state index contributed by atoms with van der Waals surface area (Å²) >= 11 is 6.21. The molecular weight excluding hydrogens is 260 g/mol. The van der Waals surface area contributed by atoms with E-state index in [9.17, 15) is 0 Å². The zero-order chi connectivity index (χ0) is 13.4. The average Bonchev–Trinajstić information content (AvgIpc) is 3.02. The van der Waals surface area contributed by atoms with E-state index in [4.69, 9.17) is 23.2 Å². The molecule has 100 valence electrons. The van der Waals surface area contributed by atoms with Gasteiger partial charge >= 0.3 is 0 Å². The molecule has 0 unspecified atom stereocenters. The molecule has 1 aromatic carbocycles. The van der Waals surface area contributed by atoms with Crippen LogP contribution >= 0.6 is 11.6 Å². The SMILES string of the molecule is Nc1c(-c2ccccc2Cl)nc(C2CCCC2)n1N. The lowest BCUT2D eigenvalue weighted by Gasteiger charge is -2.08. The fraction of sp³-hybridized carbons (Fsp3) is 0.357. The number of nitrogen functional groups attached to an aromatic ring is 2. The highest BCUT2D eigenvalue weighted by molar-refractivity contribution is 6.33. The van der Waals surface area contributed by atoms with Crippen LogP contribution in [0.15, 0.2) is 24.3 Å². The standard InChI is InChI=1S/C14H17ClN4/c15-11-8-4-3-7-10(11)12-13(16)19(17)14(18-12)9-5-1-2-6-9/h3-4,7-9H,1-2,5-6,16-17H2. The van der Waals surface area contributed by atoms with Gasteiger partial charge in [-0.1, -0.05) is 42.6 Å². The van der Waals surface area contributed by atoms with Gasteiger partial charge in [-0.3, -0.25) is 0 Å². The molecule has 4 nitrogen and oxygen atoms in total. The lowest BCUT2D eigenvalue weighted by molar-refractivity contribution is 0.648. The molecule has 0 bridgehead atoms. The number of nitrogens with two attached hydrogens (primary N) is 2. The molecule has 1 aliphatic carbocycles. The molecule has 4 N–H and O–H groups in total. The zero-order valence-corrected chi connectivity index (χ0v) is 11.4. The average molecular weight is 277 g/mol. The Hall–Kier alpha value is -1.68. The first-order valence-electron chi connectivity index (χ1n) is 6.56. The van der Waals surface area contributed by atoms with Gasteiger partial charge in [-0.25, -0.2) is 9.66 Å². The number of aromatic nitrogens is 2. The van der Waals surface area contributed by atoms with Crippen LogP contribution in [0, 0.1) is 0 Å². The Kier molecular flexibility index (Phi) is 3.11. The third kappa shape index (κ3) is 2.06. The number of benzene rings is 1. The third-order valence-electron chi connectivity index (χ3n) is 3.82. The van der Waals surface area contributed by atoms with E-state index >= 15 is 0 Å². The van der Waals surface area contributed by atoms with E-state index < -0.39 is 0 Å². The van der Waals surface area contributed by atoms with Crippen molar-refractivity contribution >= 4 is 17.4 Å². The highest BCUT2D eigenvalue weighted by Crippen LogP contribution is 2.37. The second-order valence-electron chi connectivity index (χ2n) is 5.04. The highest BCUT2D eigenvalue weighted by atomic mass is 35.5. The van der Waals surface area contributed by atoms with E-state index in [-0.39, 0.29) is 0 Å². The topological polar surface area (TPSA) is 69.9 Å². The first-order chi connectivity index (χ1) is 9.18. The molecule has 1 saturated carbocycles. The number of hydrogen-bond acceptors (Lipinski definition) is 3. The van der Waals surface area contributed by atoms with Crippen molar-refractivity contribution in [1.82, 2.24) is 9.66 Å². The molecule has 0 atom stereocenters. The normalized spacial score (nSPS) is 16.1. The Morgan fingerprint density at radius 3 is 2.58 bits per heavy atom. The Bertz CT molecular complexity index is 599. The maximum Gasteiger partial charge on any atom is 0.150 e. The largest absolute Gasteiger partial charge is 0.382 e. The Labute approximate surface area is 117 Å². The third-order valence-corrected chi connectivity index (χ3v) is 4.15. The van der Waals surface area contributed by atoms with Crippen LogP contribution in [-0.2, 0) is 0 Å². The molecule has 0 spiro atoms. The summed E-state index contributed by atoms with van der Waals surface area (Å²) in [6.07, 6.45) is 4.74. The molecule has 0 aliphatic heterocycles. The quantitative estimate of drug-likeness (QED) is 0.828. The van der Waals surface area contributed by atoms with Crippen molar-refractivity contribution in [2.45, 2.75) is 31.6 Å². The van der Waals surface area contributed by atoms with Gasteiger partial charge in [0.05, 0.1) is 5.02 Å². The van der Waals surface area contributed by atoms with Crippen LogP contribution in [0.3, 0.4) is 0 Å². The molecule has 0 saturated heterocycles. The Balaban J connectivity index is 2.08. The molecule has 0 radical (unpaired) electrons. The van der Waals surface area contributed by atoms with Crippen LogP contribution < -0.4 is 11.6 Å². The first kappa shape index (κ1) is 12.4. The van der Waals surface area contributed by atoms with Crippen LogP contribution in [0.5, 0.6) is 0 Å². The number of rotatable bonds is 2. The van der Waals surface area contributed by atoms with Gasteiger partial charge in [-0.05, 0) is 18.9 Å². The van der Waals surface area contributed by atoms with E-state index in [1.165, 1.54) is 17.5 Å². The van der Waals surface area contributed by atoms with E-state index in [0.29, 0.717) is 22.5 Å². The van der Waals surface area contributed by atoms with Crippen molar-refractivity contribution in [3.8, 4) is 11.3 Å². The summed E-state index contributed by atoms with van der Waals surface area (Å²) in [6.45, 7) is 0. The molecule has 5 heteroatoms. The van der Waals surface area contributed by atoms with Crippen molar-refractivity contribution in [2.24, 2.45) is 0 Å². The van der Waals surface area contributed by atoms with Crippen LogP contribution in [0.2, 0.25) is 5.02 Å². The molecular formula is C14H17ClN4.